The van der Waals surface area contributed by atoms with Crippen LogP contribution in [0.3, 0.4) is 0 Å². The molecule has 0 aliphatic heterocycles. The van der Waals surface area contributed by atoms with Gasteiger partial charge in [-0.1, -0.05) is 23.5 Å². The van der Waals surface area contributed by atoms with E-state index in [2.05, 4.69) is 26.1 Å². The van der Waals surface area contributed by atoms with Gasteiger partial charge in [0.15, 0.2) is 8.92 Å². The molecule has 14 heavy (non-hydrogen) atoms. The van der Waals surface area contributed by atoms with Gasteiger partial charge >= 0.3 is 0 Å². The topological polar surface area (TPSA) is 25.8 Å². The Bertz CT molecular complexity index is 470. The first kappa shape index (κ1) is 9.73. The maximum absolute atomic E-state index is 13.6. The van der Waals surface area contributed by atoms with Crippen molar-refractivity contribution in [1.82, 2.24) is 10.2 Å². The van der Waals surface area contributed by atoms with Crippen molar-refractivity contribution in [1.29, 1.82) is 0 Å². The summed E-state index contributed by atoms with van der Waals surface area (Å²) in [4.78, 5) is 0. The summed E-state index contributed by atoms with van der Waals surface area (Å²) in [5.41, 5.74) is 1.13. The fourth-order valence-corrected chi connectivity index (χ4v) is 2.26. The maximum atomic E-state index is 13.6. The molecule has 0 N–H and O–H groups in total. The standard InChI is InChI=1S/C9H6BrFN2S/c1-5-3-2-4-6(7(5)11)8-12-13-9(10)14-8/h2-4H,1H3. The maximum Gasteiger partial charge on any atom is 0.183 e. The summed E-state index contributed by atoms with van der Waals surface area (Å²) in [6, 6.07) is 5.24. The van der Waals surface area contributed by atoms with E-state index < -0.39 is 0 Å². The molecule has 0 spiro atoms. The van der Waals surface area contributed by atoms with E-state index in [1.807, 2.05) is 6.07 Å². The van der Waals surface area contributed by atoms with Crippen LogP contribution in [-0.2, 0) is 0 Å². The Balaban J connectivity index is 2.57. The molecule has 2 nitrogen and oxygen atoms in total. The normalized spacial score (nSPS) is 10.5. The lowest BCUT2D eigenvalue weighted by molar-refractivity contribution is 0.621. The van der Waals surface area contributed by atoms with Crippen LogP contribution in [0.2, 0.25) is 0 Å². The fraction of sp³-hybridized carbons (Fsp3) is 0.111. The van der Waals surface area contributed by atoms with Crippen molar-refractivity contribution in [3.63, 3.8) is 0 Å². The van der Waals surface area contributed by atoms with Gasteiger partial charge in [-0.05, 0) is 34.5 Å². The molecule has 2 aromatic rings. The molecule has 2 rings (SSSR count). The third-order valence-electron chi connectivity index (χ3n) is 1.82. The first-order valence-electron chi connectivity index (χ1n) is 3.93. The van der Waals surface area contributed by atoms with Crippen LogP contribution in [0, 0.1) is 12.7 Å². The SMILES string of the molecule is Cc1cccc(-c2nnc(Br)s2)c1F. The lowest BCUT2D eigenvalue weighted by Crippen LogP contribution is -1.87. The van der Waals surface area contributed by atoms with Crippen molar-refractivity contribution < 1.29 is 4.39 Å². The molecule has 0 fully saturated rings. The number of halogens is 2. The summed E-state index contributed by atoms with van der Waals surface area (Å²) in [6.07, 6.45) is 0. The zero-order valence-corrected chi connectivity index (χ0v) is 9.69. The second-order valence-electron chi connectivity index (χ2n) is 2.80. The van der Waals surface area contributed by atoms with Crippen molar-refractivity contribution >= 4 is 27.3 Å². The van der Waals surface area contributed by atoms with E-state index in [-0.39, 0.29) is 5.82 Å². The van der Waals surface area contributed by atoms with Crippen LogP contribution in [0.1, 0.15) is 5.56 Å². The molecular weight excluding hydrogens is 267 g/mol. The van der Waals surface area contributed by atoms with Gasteiger partial charge in [-0.2, -0.15) is 0 Å². The quantitative estimate of drug-likeness (QED) is 0.795. The highest BCUT2D eigenvalue weighted by atomic mass is 79.9. The third-order valence-corrected chi connectivity index (χ3v) is 3.21. The van der Waals surface area contributed by atoms with Gasteiger partial charge in [-0.15, -0.1) is 10.2 Å². The Morgan fingerprint density at radius 3 is 2.79 bits per heavy atom. The molecule has 1 aromatic carbocycles. The smallest absolute Gasteiger partial charge is 0.183 e. The minimum absolute atomic E-state index is 0.226. The Morgan fingerprint density at radius 2 is 2.14 bits per heavy atom. The minimum atomic E-state index is -0.226. The molecule has 0 amide bonds. The summed E-state index contributed by atoms with van der Waals surface area (Å²) >= 11 is 4.51. The number of rotatable bonds is 1. The van der Waals surface area contributed by atoms with E-state index in [1.165, 1.54) is 11.3 Å². The monoisotopic (exact) mass is 272 g/mol. The first-order chi connectivity index (χ1) is 6.68. The number of benzene rings is 1. The molecule has 0 unspecified atom stereocenters. The van der Waals surface area contributed by atoms with Crippen LogP contribution in [0.15, 0.2) is 22.1 Å². The zero-order valence-electron chi connectivity index (χ0n) is 7.29. The van der Waals surface area contributed by atoms with Crippen LogP contribution in [0.5, 0.6) is 0 Å². The van der Waals surface area contributed by atoms with Crippen molar-refractivity contribution in [2.45, 2.75) is 6.92 Å². The predicted molar refractivity (Wildman–Crippen MR) is 57.7 cm³/mol. The van der Waals surface area contributed by atoms with E-state index in [0.717, 1.165) is 0 Å². The Morgan fingerprint density at radius 1 is 1.36 bits per heavy atom. The van der Waals surface area contributed by atoms with Crippen molar-refractivity contribution in [3.8, 4) is 10.6 Å². The number of aryl methyl sites for hydroxylation is 1. The van der Waals surface area contributed by atoms with Gasteiger partial charge in [0, 0.05) is 5.56 Å². The van der Waals surface area contributed by atoms with Crippen molar-refractivity contribution in [2.75, 3.05) is 0 Å². The molecule has 0 saturated heterocycles. The number of aromatic nitrogens is 2. The average molecular weight is 273 g/mol. The largest absolute Gasteiger partial charge is 0.206 e. The molecule has 1 aromatic heterocycles. The van der Waals surface area contributed by atoms with Crippen molar-refractivity contribution in [3.05, 3.63) is 33.5 Å². The van der Waals surface area contributed by atoms with Crippen LogP contribution < -0.4 is 0 Å². The summed E-state index contributed by atoms with van der Waals surface area (Å²) in [5, 5.41) is 8.25. The number of hydrogen-bond acceptors (Lipinski definition) is 3. The lowest BCUT2D eigenvalue weighted by atomic mass is 10.1. The predicted octanol–water partition coefficient (Wildman–Crippen LogP) is 3.42. The van der Waals surface area contributed by atoms with E-state index in [0.29, 0.717) is 20.1 Å². The first-order valence-corrected chi connectivity index (χ1v) is 5.54. The molecule has 72 valence electrons. The number of hydrogen-bond donors (Lipinski definition) is 0. The molecule has 0 radical (unpaired) electrons. The van der Waals surface area contributed by atoms with Gasteiger partial charge < -0.3 is 0 Å². The molecule has 0 saturated carbocycles. The lowest BCUT2D eigenvalue weighted by Gasteiger charge is -2.00. The zero-order chi connectivity index (χ0) is 10.1. The highest BCUT2D eigenvalue weighted by Gasteiger charge is 2.11. The molecular formula is C9H6BrFN2S. The summed E-state index contributed by atoms with van der Waals surface area (Å²) in [7, 11) is 0. The molecule has 0 aliphatic rings. The van der Waals surface area contributed by atoms with Gasteiger partial charge in [0.2, 0.25) is 0 Å². The average Bonchev–Trinajstić information content (AvgIpc) is 2.57. The highest BCUT2D eigenvalue weighted by Crippen LogP contribution is 2.29. The van der Waals surface area contributed by atoms with Gasteiger partial charge in [0.05, 0.1) is 0 Å². The van der Waals surface area contributed by atoms with Crippen molar-refractivity contribution in [2.24, 2.45) is 0 Å². The summed E-state index contributed by atoms with van der Waals surface area (Å²) in [5.74, 6) is -0.226. The van der Waals surface area contributed by atoms with E-state index >= 15 is 0 Å². The van der Waals surface area contributed by atoms with E-state index in [1.54, 1.807) is 19.1 Å². The van der Waals surface area contributed by atoms with Crippen LogP contribution in [0.25, 0.3) is 10.6 Å². The van der Waals surface area contributed by atoms with Gasteiger partial charge in [0.25, 0.3) is 0 Å². The highest BCUT2D eigenvalue weighted by molar-refractivity contribution is 9.11. The van der Waals surface area contributed by atoms with Gasteiger partial charge in [-0.3, -0.25) is 0 Å². The van der Waals surface area contributed by atoms with Gasteiger partial charge in [0.1, 0.15) is 5.82 Å². The van der Waals surface area contributed by atoms with Crippen LogP contribution in [0.4, 0.5) is 4.39 Å². The van der Waals surface area contributed by atoms with E-state index in [9.17, 15) is 4.39 Å². The molecule has 1 heterocycles. The Hall–Kier alpha value is -0.810. The fourth-order valence-electron chi connectivity index (χ4n) is 1.13. The molecule has 0 bridgehead atoms. The van der Waals surface area contributed by atoms with Crippen LogP contribution >= 0.6 is 27.3 Å². The Kier molecular flexibility index (Phi) is 2.60. The van der Waals surface area contributed by atoms with Crippen LogP contribution in [-0.4, -0.2) is 10.2 Å². The molecule has 0 atom stereocenters. The Labute approximate surface area is 92.9 Å². The molecule has 5 heteroatoms. The van der Waals surface area contributed by atoms with Gasteiger partial charge in [-0.25, -0.2) is 4.39 Å². The summed E-state index contributed by atoms with van der Waals surface area (Å²) < 4.78 is 14.3. The summed E-state index contributed by atoms with van der Waals surface area (Å²) in [6.45, 7) is 1.73. The molecule has 0 aliphatic carbocycles. The number of nitrogens with zero attached hydrogens (tertiary/aromatic N) is 2. The van der Waals surface area contributed by atoms with E-state index in [4.69, 9.17) is 0 Å². The second-order valence-corrected chi connectivity index (χ2v) is 5.05. The third kappa shape index (κ3) is 1.69. The second kappa shape index (κ2) is 3.74. The minimum Gasteiger partial charge on any atom is -0.206 e.